The van der Waals surface area contributed by atoms with Crippen LogP contribution in [-0.4, -0.2) is 7.11 Å². The van der Waals surface area contributed by atoms with Crippen LogP contribution in [-0.2, 0) is 0 Å². The molecular formula is C21H16O2. The summed E-state index contributed by atoms with van der Waals surface area (Å²) in [5, 5.41) is 0. The van der Waals surface area contributed by atoms with E-state index in [0.29, 0.717) is 0 Å². The molecule has 0 aromatic heterocycles. The van der Waals surface area contributed by atoms with Crippen molar-refractivity contribution in [1.82, 2.24) is 0 Å². The lowest BCUT2D eigenvalue weighted by atomic mass is 10.1. The van der Waals surface area contributed by atoms with Crippen LogP contribution in [0.5, 0.6) is 17.2 Å². The largest absolute Gasteiger partial charge is 0.497 e. The first-order valence-corrected chi connectivity index (χ1v) is 7.33. The van der Waals surface area contributed by atoms with Crippen molar-refractivity contribution in [2.75, 3.05) is 7.11 Å². The predicted octanol–water partition coefficient (Wildman–Crippen LogP) is 4.89. The Labute approximate surface area is 136 Å². The van der Waals surface area contributed by atoms with E-state index in [1.54, 1.807) is 7.11 Å². The first-order valence-electron chi connectivity index (χ1n) is 7.33. The average Bonchev–Trinajstić information content (AvgIpc) is 2.62. The molecule has 23 heavy (non-hydrogen) atoms. The number of rotatable bonds is 3. The molecule has 0 spiro atoms. The van der Waals surface area contributed by atoms with Crippen LogP contribution in [0.2, 0.25) is 0 Å². The van der Waals surface area contributed by atoms with Gasteiger partial charge in [0.2, 0.25) is 0 Å². The van der Waals surface area contributed by atoms with Crippen LogP contribution in [0.15, 0.2) is 78.9 Å². The highest BCUT2D eigenvalue weighted by molar-refractivity contribution is 5.51. The maximum atomic E-state index is 5.91. The van der Waals surface area contributed by atoms with Crippen molar-refractivity contribution in [3.05, 3.63) is 90.0 Å². The van der Waals surface area contributed by atoms with E-state index >= 15 is 0 Å². The number of hydrogen-bond acceptors (Lipinski definition) is 2. The quantitative estimate of drug-likeness (QED) is 0.641. The second-order valence-electron chi connectivity index (χ2n) is 4.89. The van der Waals surface area contributed by atoms with Gasteiger partial charge in [0.25, 0.3) is 0 Å². The van der Waals surface area contributed by atoms with E-state index in [1.165, 1.54) is 0 Å². The Balaban J connectivity index is 1.84. The Morgan fingerprint density at radius 2 is 1.35 bits per heavy atom. The standard InChI is InChI=1S/C21H16O2/c1-22-19-15-12-17(13-16-19)11-14-18-7-5-6-10-21(18)23-20-8-3-2-4-9-20/h2-10,12-13,15-16H,1H3. The molecule has 0 aliphatic carbocycles. The molecule has 2 nitrogen and oxygen atoms in total. The van der Waals surface area contributed by atoms with Crippen molar-refractivity contribution in [2.24, 2.45) is 0 Å². The van der Waals surface area contributed by atoms with Gasteiger partial charge in [-0.15, -0.1) is 0 Å². The van der Waals surface area contributed by atoms with Crippen molar-refractivity contribution in [3.8, 4) is 29.1 Å². The van der Waals surface area contributed by atoms with Crippen molar-refractivity contribution < 1.29 is 9.47 Å². The van der Waals surface area contributed by atoms with E-state index < -0.39 is 0 Å². The molecule has 0 atom stereocenters. The summed E-state index contributed by atoms with van der Waals surface area (Å²) >= 11 is 0. The molecule has 112 valence electrons. The summed E-state index contributed by atoms with van der Waals surface area (Å²) in [5.74, 6) is 8.69. The lowest BCUT2D eigenvalue weighted by molar-refractivity contribution is 0.415. The summed E-state index contributed by atoms with van der Waals surface area (Å²) in [6.45, 7) is 0. The Kier molecular flexibility index (Phi) is 4.61. The normalized spacial score (nSPS) is 9.61. The smallest absolute Gasteiger partial charge is 0.143 e. The average molecular weight is 300 g/mol. The van der Waals surface area contributed by atoms with E-state index in [1.807, 2.05) is 78.9 Å². The summed E-state index contributed by atoms with van der Waals surface area (Å²) in [6.07, 6.45) is 0. The van der Waals surface area contributed by atoms with Gasteiger partial charge in [0.05, 0.1) is 12.7 Å². The number of hydrogen-bond donors (Lipinski definition) is 0. The molecule has 0 saturated heterocycles. The van der Waals surface area contributed by atoms with E-state index in [4.69, 9.17) is 9.47 Å². The van der Waals surface area contributed by atoms with Gasteiger partial charge in [-0.05, 0) is 48.5 Å². The van der Waals surface area contributed by atoms with Crippen LogP contribution in [0.4, 0.5) is 0 Å². The topological polar surface area (TPSA) is 18.5 Å². The maximum absolute atomic E-state index is 5.91. The summed E-state index contributed by atoms with van der Waals surface area (Å²) in [5.41, 5.74) is 1.78. The molecular weight excluding hydrogens is 284 g/mol. The minimum atomic E-state index is 0.750. The summed E-state index contributed by atoms with van der Waals surface area (Å²) in [4.78, 5) is 0. The van der Waals surface area contributed by atoms with Crippen molar-refractivity contribution in [1.29, 1.82) is 0 Å². The maximum Gasteiger partial charge on any atom is 0.143 e. The van der Waals surface area contributed by atoms with Gasteiger partial charge in [-0.1, -0.05) is 42.2 Å². The number of methoxy groups -OCH3 is 1. The Hall–Kier alpha value is -3.18. The van der Waals surface area contributed by atoms with Crippen molar-refractivity contribution in [3.63, 3.8) is 0 Å². The van der Waals surface area contributed by atoms with Crippen LogP contribution in [0.25, 0.3) is 0 Å². The SMILES string of the molecule is COc1ccc(C#Cc2ccccc2Oc2ccccc2)cc1. The Bertz CT molecular complexity index is 825. The van der Waals surface area contributed by atoms with Crippen LogP contribution in [0.3, 0.4) is 0 Å². The van der Waals surface area contributed by atoms with Gasteiger partial charge in [0.1, 0.15) is 17.2 Å². The summed E-state index contributed by atoms with van der Waals surface area (Å²) < 4.78 is 11.1. The van der Waals surface area contributed by atoms with Crippen LogP contribution in [0, 0.1) is 11.8 Å². The number of benzene rings is 3. The molecule has 3 rings (SSSR count). The van der Waals surface area contributed by atoms with Gasteiger partial charge in [-0.2, -0.15) is 0 Å². The molecule has 3 aromatic carbocycles. The monoisotopic (exact) mass is 300 g/mol. The molecule has 0 saturated carbocycles. The predicted molar refractivity (Wildman–Crippen MR) is 91.9 cm³/mol. The van der Waals surface area contributed by atoms with Crippen LogP contribution in [0.1, 0.15) is 11.1 Å². The molecule has 0 radical (unpaired) electrons. The van der Waals surface area contributed by atoms with E-state index in [0.717, 1.165) is 28.4 Å². The molecule has 0 bridgehead atoms. The second-order valence-corrected chi connectivity index (χ2v) is 4.89. The van der Waals surface area contributed by atoms with Gasteiger partial charge >= 0.3 is 0 Å². The first kappa shape index (κ1) is 14.7. The van der Waals surface area contributed by atoms with Gasteiger partial charge < -0.3 is 9.47 Å². The zero-order valence-corrected chi connectivity index (χ0v) is 12.8. The number of para-hydroxylation sites is 2. The van der Waals surface area contributed by atoms with E-state index in [2.05, 4.69) is 11.8 Å². The third-order valence-corrected chi connectivity index (χ3v) is 3.29. The molecule has 0 N–H and O–H groups in total. The summed E-state index contributed by atoms with van der Waals surface area (Å²) in [7, 11) is 1.65. The van der Waals surface area contributed by atoms with Crippen molar-refractivity contribution >= 4 is 0 Å². The molecule has 0 fully saturated rings. The number of ether oxygens (including phenoxy) is 2. The van der Waals surface area contributed by atoms with Crippen LogP contribution >= 0.6 is 0 Å². The minimum Gasteiger partial charge on any atom is -0.497 e. The minimum absolute atomic E-state index is 0.750. The Morgan fingerprint density at radius 1 is 0.652 bits per heavy atom. The van der Waals surface area contributed by atoms with Gasteiger partial charge in [-0.25, -0.2) is 0 Å². The molecule has 0 aliphatic rings. The first-order chi connectivity index (χ1) is 11.3. The highest BCUT2D eigenvalue weighted by Gasteiger charge is 2.01. The molecule has 0 unspecified atom stereocenters. The zero-order valence-electron chi connectivity index (χ0n) is 12.8. The Morgan fingerprint density at radius 3 is 2.09 bits per heavy atom. The van der Waals surface area contributed by atoms with Crippen LogP contribution < -0.4 is 9.47 Å². The van der Waals surface area contributed by atoms with Gasteiger partial charge in [-0.3, -0.25) is 0 Å². The second kappa shape index (κ2) is 7.20. The van der Waals surface area contributed by atoms with Crippen molar-refractivity contribution in [2.45, 2.75) is 0 Å². The highest BCUT2D eigenvalue weighted by Crippen LogP contribution is 2.24. The third-order valence-electron chi connectivity index (χ3n) is 3.29. The summed E-state index contributed by atoms with van der Waals surface area (Å²) in [6, 6.07) is 25.1. The van der Waals surface area contributed by atoms with E-state index in [-0.39, 0.29) is 0 Å². The van der Waals surface area contributed by atoms with E-state index in [9.17, 15) is 0 Å². The molecule has 0 amide bonds. The van der Waals surface area contributed by atoms with Gasteiger partial charge in [0, 0.05) is 5.56 Å². The fourth-order valence-corrected chi connectivity index (χ4v) is 2.09. The fourth-order valence-electron chi connectivity index (χ4n) is 2.09. The highest BCUT2D eigenvalue weighted by atomic mass is 16.5. The molecule has 2 heteroatoms. The lowest BCUT2D eigenvalue weighted by Gasteiger charge is -2.07. The van der Waals surface area contributed by atoms with Gasteiger partial charge in [0.15, 0.2) is 0 Å². The third kappa shape index (κ3) is 3.93. The zero-order chi connectivity index (χ0) is 15.9. The fraction of sp³-hybridized carbons (Fsp3) is 0.0476. The molecule has 0 aliphatic heterocycles. The lowest BCUT2D eigenvalue weighted by Crippen LogP contribution is -1.87. The molecule has 3 aromatic rings. The molecule has 0 heterocycles.